The zero-order valence-corrected chi connectivity index (χ0v) is 14.1. The van der Waals surface area contributed by atoms with Gasteiger partial charge in [-0.1, -0.05) is 41.3 Å². The zero-order chi connectivity index (χ0) is 14.6. The molecule has 1 heterocycles. The molecule has 0 saturated heterocycles. The fourth-order valence-corrected chi connectivity index (χ4v) is 5.15. The number of carbonyl (C=O) groups is 1. The van der Waals surface area contributed by atoms with Gasteiger partial charge in [-0.15, -0.1) is 10.2 Å². The molecule has 2 N–H and O–H groups in total. The second kappa shape index (κ2) is 7.11. The van der Waals surface area contributed by atoms with E-state index in [1.807, 2.05) is 6.26 Å². The van der Waals surface area contributed by atoms with Gasteiger partial charge in [0.25, 0.3) is 0 Å². The Morgan fingerprint density at radius 2 is 2.30 bits per heavy atom. The average Bonchev–Trinajstić information content (AvgIpc) is 3.06. The van der Waals surface area contributed by atoms with E-state index in [4.69, 9.17) is 10.5 Å². The van der Waals surface area contributed by atoms with Gasteiger partial charge in [-0.2, -0.15) is 0 Å². The van der Waals surface area contributed by atoms with Crippen molar-refractivity contribution in [2.75, 3.05) is 19.1 Å². The number of thioether (sulfide) groups is 2. The van der Waals surface area contributed by atoms with Crippen LogP contribution in [0.1, 0.15) is 25.7 Å². The third kappa shape index (κ3) is 3.47. The highest BCUT2D eigenvalue weighted by molar-refractivity contribution is 8.02. The predicted octanol–water partition coefficient (Wildman–Crippen LogP) is 2.41. The van der Waals surface area contributed by atoms with Gasteiger partial charge in [0.15, 0.2) is 8.68 Å². The summed E-state index contributed by atoms with van der Waals surface area (Å²) in [6, 6.07) is 0. The van der Waals surface area contributed by atoms with E-state index in [2.05, 4.69) is 10.2 Å². The summed E-state index contributed by atoms with van der Waals surface area (Å²) in [6.45, 7) is 0. The van der Waals surface area contributed by atoms with Crippen LogP contribution in [0.3, 0.4) is 0 Å². The minimum Gasteiger partial charge on any atom is -0.468 e. The molecule has 0 amide bonds. The third-order valence-corrected chi connectivity index (χ3v) is 6.76. The lowest BCUT2D eigenvalue weighted by Gasteiger charge is -2.28. The highest BCUT2D eigenvalue weighted by Gasteiger charge is 2.46. The van der Waals surface area contributed by atoms with Crippen LogP contribution < -0.4 is 5.73 Å². The quantitative estimate of drug-likeness (QED) is 0.632. The van der Waals surface area contributed by atoms with E-state index in [0.29, 0.717) is 0 Å². The molecule has 0 bridgehead atoms. The number of carbonyl (C=O) groups excluding carboxylic acids is 1. The summed E-state index contributed by atoms with van der Waals surface area (Å²) in [7, 11) is 1.41. The largest absolute Gasteiger partial charge is 0.468 e. The Balaban J connectivity index is 1.85. The molecule has 2 rings (SSSR count). The summed E-state index contributed by atoms with van der Waals surface area (Å²) in [5.74, 6) is 0.838. The molecule has 2 atom stereocenters. The first-order valence-electron chi connectivity index (χ1n) is 6.47. The smallest absolute Gasteiger partial charge is 0.326 e. The summed E-state index contributed by atoms with van der Waals surface area (Å²) in [6.07, 6.45) is 5.62. The average molecular weight is 334 g/mol. The van der Waals surface area contributed by atoms with Gasteiger partial charge in [-0.25, -0.2) is 0 Å². The molecule has 1 saturated carbocycles. The first kappa shape index (κ1) is 16.1. The van der Waals surface area contributed by atoms with E-state index in [9.17, 15) is 4.79 Å². The number of hydrogen-bond acceptors (Lipinski definition) is 8. The summed E-state index contributed by atoms with van der Waals surface area (Å²) < 4.78 is 6.82. The molecule has 5 nitrogen and oxygen atoms in total. The number of nitrogens with zero attached hydrogens (tertiary/aromatic N) is 2. The van der Waals surface area contributed by atoms with Gasteiger partial charge in [0.05, 0.1) is 7.11 Å². The Kier molecular flexibility index (Phi) is 5.71. The van der Waals surface area contributed by atoms with E-state index < -0.39 is 5.54 Å². The van der Waals surface area contributed by atoms with Crippen molar-refractivity contribution in [1.29, 1.82) is 0 Å². The van der Waals surface area contributed by atoms with Crippen LogP contribution in [-0.4, -0.2) is 40.8 Å². The van der Waals surface area contributed by atoms with Gasteiger partial charge < -0.3 is 10.5 Å². The van der Waals surface area contributed by atoms with Gasteiger partial charge in [0.1, 0.15) is 5.54 Å². The van der Waals surface area contributed by atoms with Crippen molar-refractivity contribution in [3.05, 3.63) is 0 Å². The van der Waals surface area contributed by atoms with Crippen molar-refractivity contribution in [3.8, 4) is 0 Å². The maximum atomic E-state index is 11.8. The molecule has 112 valence electrons. The SMILES string of the molecule is COC(=O)C1(N)CCCC1CCSc1nnc(SC)s1. The van der Waals surface area contributed by atoms with Crippen molar-refractivity contribution >= 4 is 40.8 Å². The maximum absolute atomic E-state index is 11.8. The first-order valence-corrected chi connectivity index (χ1v) is 9.50. The molecule has 20 heavy (non-hydrogen) atoms. The number of methoxy groups -OCH3 is 1. The number of ether oxygens (including phenoxy) is 1. The number of nitrogens with two attached hydrogens (primary N) is 1. The van der Waals surface area contributed by atoms with Gasteiger partial charge >= 0.3 is 5.97 Å². The van der Waals surface area contributed by atoms with Crippen LogP contribution in [0.15, 0.2) is 8.68 Å². The fourth-order valence-electron chi connectivity index (χ4n) is 2.59. The molecule has 8 heteroatoms. The number of hydrogen-bond donors (Lipinski definition) is 1. The minimum absolute atomic E-state index is 0.204. The van der Waals surface area contributed by atoms with Crippen LogP contribution in [0, 0.1) is 5.92 Å². The Labute approximate surface area is 131 Å². The standard InChI is InChI=1S/C12H19N3O2S3/c1-17-9(16)12(13)6-3-4-8(12)5-7-19-11-15-14-10(18-2)20-11/h8H,3-7,13H2,1-2H3. The lowest BCUT2D eigenvalue weighted by molar-refractivity contribution is -0.148. The lowest BCUT2D eigenvalue weighted by Crippen LogP contribution is -2.51. The van der Waals surface area contributed by atoms with Crippen LogP contribution in [0.2, 0.25) is 0 Å². The molecule has 1 aromatic heterocycles. The second-order valence-electron chi connectivity index (χ2n) is 4.80. The van der Waals surface area contributed by atoms with Crippen molar-refractivity contribution in [1.82, 2.24) is 10.2 Å². The van der Waals surface area contributed by atoms with E-state index in [-0.39, 0.29) is 11.9 Å². The zero-order valence-electron chi connectivity index (χ0n) is 11.6. The topological polar surface area (TPSA) is 78.1 Å². The molecule has 2 unspecified atom stereocenters. The monoisotopic (exact) mass is 333 g/mol. The highest BCUT2D eigenvalue weighted by atomic mass is 32.2. The molecular formula is C12H19N3O2S3. The normalized spacial score (nSPS) is 25.9. The van der Waals surface area contributed by atoms with E-state index in [1.54, 1.807) is 34.9 Å². The summed E-state index contributed by atoms with van der Waals surface area (Å²) in [5.41, 5.74) is 5.46. The van der Waals surface area contributed by atoms with E-state index in [1.165, 1.54) is 7.11 Å². The maximum Gasteiger partial charge on any atom is 0.326 e. The Bertz CT molecular complexity index is 469. The van der Waals surface area contributed by atoms with Gasteiger partial charge in [-0.05, 0) is 31.4 Å². The molecule has 0 radical (unpaired) electrons. The highest BCUT2D eigenvalue weighted by Crippen LogP contribution is 2.38. The van der Waals surface area contributed by atoms with Crippen LogP contribution >= 0.6 is 34.9 Å². The summed E-state index contributed by atoms with van der Waals surface area (Å²) >= 11 is 4.90. The Morgan fingerprint density at radius 1 is 1.55 bits per heavy atom. The van der Waals surface area contributed by atoms with Gasteiger partial charge in [0.2, 0.25) is 0 Å². The molecule has 0 aliphatic heterocycles. The Hall–Kier alpha value is -0.310. The van der Waals surface area contributed by atoms with Crippen LogP contribution in [0.25, 0.3) is 0 Å². The fraction of sp³-hybridized carbons (Fsp3) is 0.750. The Morgan fingerprint density at radius 3 is 2.95 bits per heavy atom. The molecule has 1 fully saturated rings. The van der Waals surface area contributed by atoms with Gasteiger partial charge in [0, 0.05) is 5.75 Å². The minimum atomic E-state index is -0.791. The summed E-state index contributed by atoms with van der Waals surface area (Å²) in [5, 5.41) is 8.19. The second-order valence-corrected chi connectivity index (χ2v) is 8.17. The lowest BCUT2D eigenvalue weighted by atomic mass is 9.86. The van der Waals surface area contributed by atoms with Gasteiger partial charge in [-0.3, -0.25) is 4.79 Å². The molecule has 0 aromatic carbocycles. The molecule has 0 spiro atoms. The molecule has 1 aliphatic rings. The van der Waals surface area contributed by atoms with Crippen molar-refractivity contribution in [3.63, 3.8) is 0 Å². The molecular weight excluding hydrogens is 314 g/mol. The number of rotatable bonds is 6. The predicted molar refractivity (Wildman–Crippen MR) is 83.3 cm³/mol. The van der Waals surface area contributed by atoms with E-state index >= 15 is 0 Å². The molecule has 1 aliphatic carbocycles. The van der Waals surface area contributed by atoms with Crippen LogP contribution in [0.5, 0.6) is 0 Å². The van der Waals surface area contributed by atoms with Crippen molar-refractivity contribution in [2.45, 2.75) is 39.9 Å². The summed E-state index contributed by atoms with van der Waals surface area (Å²) in [4.78, 5) is 11.8. The third-order valence-electron chi connectivity index (χ3n) is 3.69. The van der Waals surface area contributed by atoms with Crippen molar-refractivity contribution in [2.24, 2.45) is 11.7 Å². The van der Waals surface area contributed by atoms with Crippen molar-refractivity contribution < 1.29 is 9.53 Å². The molecule has 1 aromatic rings. The van der Waals surface area contributed by atoms with E-state index in [0.717, 1.165) is 40.1 Å². The number of aromatic nitrogens is 2. The van der Waals surface area contributed by atoms with Crippen LogP contribution in [-0.2, 0) is 9.53 Å². The number of esters is 1. The first-order chi connectivity index (χ1) is 9.60. The van der Waals surface area contributed by atoms with Crippen LogP contribution in [0.4, 0.5) is 0 Å².